The summed E-state index contributed by atoms with van der Waals surface area (Å²) in [5, 5.41) is 21.1. The highest BCUT2D eigenvalue weighted by Gasteiger charge is 2.35. The Morgan fingerprint density at radius 3 is 2.71 bits per heavy atom. The zero-order chi connectivity index (χ0) is 27.4. The standard InChI is InChI=1S/C25H24F3N3O7/c26-25(27,28)20-4-2-1-3-18(20)21-9-14-5-6-15(10-19(14)22(34)30-21)31-12-17(38-24(31)36)13-37-23(35)29-11-16(33)7-8-32/h1-6,9-10,16-17,32-33H,7-8,11-13H2,(H,29,35)(H,30,34)/t16-,17-/m0/s1. The van der Waals surface area contributed by atoms with Gasteiger partial charge in [-0.15, -0.1) is 0 Å². The summed E-state index contributed by atoms with van der Waals surface area (Å²) in [6, 6.07) is 10.8. The summed E-state index contributed by atoms with van der Waals surface area (Å²) < 4.78 is 50.6. The first-order chi connectivity index (χ1) is 18.1. The maximum atomic E-state index is 13.4. The van der Waals surface area contributed by atoms with Crippen LogP contribution in [0.5, 0.6) is 0 Å². The first-order valence-corrected chi connectivity index (χ1v) is 11.6. The second kappa shape index (κ2) is 11.1. The highest BCUT2D eigenvalue weighted by atomic mass is 19.4. The first-order valence-electron chi connectivity index (χ1n) is 11.6. The zero-order valence-corrected chi connectivity index (χ0v) is 19.8. The third kappa shape index (κ3) is 6.06. The van der Waals surface area contributed by atoms with Crippen LogP contribution >= 0.6 is 0 Å². The Morgan fingerprint density at radius 1 is 1.21 bits per heavy atom. The third-order valence-electron chi connectivity index (χ3n) is 5.88. The summed E-state index contributed by atoms with van der Waals surface area (Å²) >= 11 is 0. The number of hydrogen-bond acceptors (Lipinski definition) is 7. The lowest BCUT2D eigenvalue weighted by Gasteiger charge is -2.15. The molecular formula is C25H24F3N3O7. The topological polar surface area (TPSA) is 141 Å². The molecule has 2 amide bonds. The number of alkyl halides is 3. The van der Waals surface area contributed by atoms with Crippen molar-refractivity contribution in [2.75, 3.05) is 31.2 Å². The van der Waals surface area contributed by atoms with Gasteiger partial charge in [0.15, 0.2) is 6.10 Å². The van der Waals surface area contributed by atoms with E-state index in [1.165, 1.54) is 47.4 Å². The first kappa shape index (κ1) is 26.9. The molecule has 4 N–H and O–H groups in total. The van der Waals surface area contributed by atoms with Crippen LogP contribution in [0.1, 0.15) is 12.0 Å². The van der Waals surface area contributed by atoms with Crippen LogP contribution in [-0.4, -0.2) is 65.9 Å². The molecule has 10 nitrogen and oxygen atoms in total. The summed E-state index contributed by atoms with van der Waals surface area (Å²) in [5.74, 6) is 0. The number of H-pyrrole nitrogens is 1. The van der Waals surface area contributed by atoms with Crippen LogP contribution in [0.15, 0.2) is 53.3 Å². The number of cyclic esters (lactones) is 1. The fourth-order valence-corrected chi connectivity index (χ4v) is 4.02. The van der Waals surface area contributed by atoms with E-state index in [-0.39, 0.29) is 49.4 Å². The summed E-state index contributed by atoms with van der Waals surface area (Å²) in [6.07, 6.45) is -7.82. The Hall–Kier alpha value is -4.10. The van der Waals surface area contributed by atoms with Crippen molar-refractivity contribution in [1.82, 2.24) is 10.3 Å². The predicted molar refractivity (Wildman–Crippen MR) is 130 cm³/mol. The number of fused-ring (bicyclic) bond motifs is 1. The van der Waals surface area contributed by atoms with Crippen molar-refractivity contribution >= 4 is 28.6 Å². The number of rotatable bonds is 8. The smallest absolute Gasteiger partial charge is 0.417 e. The molecule has 1 saturated heterocycles. The van der Waals surface area contributed by atoms with Gasteiger partial charge in [0.1, 0.15) is 6.61 Å². The van der Waals surface area contributed by atoms with E-state index in [1.807, 2.05) is 0 Å². The molecule has 2 aromatic carbocycles. The van der Waals surface area contributed by atoms with Crippen LogP contribution in [0.2, 0.25) is 0 Å². The van der Waals surface area contributed by atoms with Gasteiger partial charge in [0.05, 0.1) is 18.2 Å². The van der Waals surface area contributed by atoms with E-state index in [9.17, 15) is 32.7 Å². The van der Waals surface area contributed by atoms with Crippen LogP contribution in [0.4, 0.5) is 28.4 Å². The molecule has 202 valence electrons. The van der Waals surface area contributed by atoms with Crippen LogP contribution in [0, 0.1) is 0 Å². The van der Waals surface area contributed by atoms with Crippen LogP contribution in [-0.2, 0) is 15.7 Å². The molecule has 0 radical (unpaired) electrons. The maximum Gasteiger partial charge on any atom is 0.417 e. The fourth-order valence-electron chi connectivity index (χ4n) is 4.02. The SMILES string of the molecule is O=C(NC[C@@H](O)CCO)OC[C@@H]1CN(c2ccc3cc(-c4ccccc4C(F)(F)F)[nH]c(=O)c3c2)C(=O)O1. The maximum absolute atomic E-state index is 13.4. The second-order valence-corrected chi connectivity index (χ2v) is 8.59. The van der Waals surface area contributed by atoms with E-state index in [2.05, 4.69) is 10.3 Å². The number of aromatic nitrogens is 1. The Morgan fingerprint density at radius 2 is 1.97 bits per heavy atom. The molecule has 1 fully saturated rings. The molecule has 0 bridgehead atoms. The van der Waals surface area contributed by atoms with Gasteiger partial charge < -0.3 is 30.0 Å². The number of benzene rings is 2. The van der Waals surface area contributed by atoms with Gasteiger partial charge >= 0.3 is 18.4 Å². The van der Waals surface area contributed by atoms with Gasteiger partial charge in [-0.3, -0.25) is 9.69 Å². The molecule has 3 aromatic rings. The Balaban J connectivity index is 1.47. The van der Waals surface area contributed by atoms with Crippen molar-refractivity contribution in [3.63, 3.8) is 0 Å². The number of aliphatic hydroxyl groups is 2. The molecule has 13 heteroatoms. The number of nitrogens with one attached hydrogen (secondary N) is 2. The van der Waals surface area contributed by atoms with Crippen molar-refractivity contribution in [2.24, 2.45) is 0 Å². The van der Waals surface area contributed by atoms with Crippen molar-refractivity contribution in [1.29, 1.82) is 0 Å². The highest BCUT2D eigenvalue weighted by molar-refractivity contribution is 5.94. The molecule has 0 spiro atoms. The third-order valence-corrected chi connectivity index (χ3v) is 5.88. The Labute approximate surface area is 213 Å². The molecule has 38 heavy (non-hydrogen) atoms. The highest BCUT2D eigenvalue weighted by Crippen LogP contribution is 2.36. The van der Waals surface area contributed by atoms with Gasteiger partial charge in [-0.05, 0) is 36.1 Å². The molecule has 0 unspecified atom stereocenters. The van der Waals surface area contributed by atoms with Crippen molar-refractivity contribution in [3.8, 4) is 11.3 Å². The molecule has 4 rings (SSSR count). The monoisotopic (exact) mass is 535 g/mol. The van der Waals surface area contributed by atoms with Crippen molar-refractivity contribution < 1.29 is 42.4 Å². The van der Waals surface area contributed by atoms with Gasteiger partial charge in [0.2, 0.25) is 0 Å². The number of pyridine rings is 1. The Kier molecular flexibility index (Phi) is 7.88. The van der Waals surface area contributed by atoms with Gasteiger partial charge in [-0.25, -0.2) is 9.59 Å². The number of aliphatic hydroxyl groups excluding tert-OH is 2. The van der Waals surface area contributed by atoms with Crippen molar-refractivity contribution in [2.45, 2.75) is 24.8 Å². The van der Waals surface area contributed by atoms with Gasteiger partial charge in [0, 0.05) is 35.5 Å². The van der Waals surface area contributed by atoms with Gasteiger partial charge in [0.25, 0.3) is 5.56 Å². The van der Waals surface area contributed by atoms with E-state index < -0.39 is 41.7 Å². The molecule has 2 heterocycles. The van der Waals surface area contributed by atoms with Crippen LogP contribution in [0.3, 0.4) is 0 Å². The molecule has 2 atom stereocenters. The summed E-state index contributed by atoms with van der Waals surface area (Å²) in [7, 11) is 0. The number of halogens is 3. The average molecular weight is 535 g/mol. The molecule has 0 saturated carbocycles. The summed E-state index contributed by atoms with van der Waals surface area (Å²) in [5.41, 5.74) is -1.36. The van der Waals surface area contributed by atoms with E-state index in [0.717, 1.165) is 6.07 Å². The molecule has 1 aliphatic heterocycles. The van der Waals surface area contributed by atoms with E-state index in [4.69, 9.17) is 14.6 Å². The van der Waals surface area contributed by atoms with Crippen molar-refractivity contribution in [3.05, 3.63) is 64.4 Å². The average Bonchev–Trinajstić information content (AvgIpc) is 3.26. The van der Waals surface area contributed by atoms with E-state index in [1.54, 1.807) is 0 Å². The minimum absolute atomic E-state index is 0.00289. The minimum Gasteiger partial charge on any atom is -0.446 e. The zero-order valence-electron chi connectivity index (χ0n) is 19.8. The summed E-state index contributed by atoms with van der Waals surface area (Å²) in [4.78, 5) is 40.7. The fraction of sp³-hybridized carbons (Fsp3) is 0.320. The van der Waals surface area contributed by atoms with Gasteiger partial charge in [-0.1, -0.05) is 24.3 Å². The Bertz CT molecular complexity index is 1390. The van der Waals surface area contributed by atoms with Gasteiger partial charge in [-0.2, -0.15) is 13.2 Å². The lowest BCUT2D eigenvalue weighted by molar-refractivity contribution is -0.137. The molecule has 1 aliphatic rings. The number of anilines is 1. The number of carbonyl (C=O) groups excluding carboxylic acids is 2. The normalized spacial score (nSPS) is 16.4. The number of ether oxygens (including phenoxy) is 2. The largest absolute Gasteiger partial charge is 0.446 e. The number of carbonyl (C=O) groups is 2. The quantitative estimate of drug-likeness (QED) is 0.348. The number of amides is 2. The van der Waals surface area contributed by atoms with E-state index in [0.29, 0.717) is 11.1 Å². The number of nitrogens with zero attached hydrogens (tertiary/aromatic N) is 1. The lowest BCUT2D eigenvalue weighted by atomic mass is 10.0. The number of aromatic amines is 1. The van der Waals surface area contributed by atoms with Crippen LogP contribution in [0.25, 0.3) is 22.0 Å². The van der Waals surface area contributed by atoms with E-state index >= 15 is 0 Å². The summed E-state index contributed by atoms with van der Waals surface area (Å²) in [6.45, 7) is -0.606. The molecule has 1 aromatic heterocycles. The molecular weight excluding hydrogens is 511 g/mol. The number of hydrogen-bond donors (Lipinski definition) is 4. The second-order valence-electron chi connectivity index (χ2n) is 8.59. The van der Waals surface area contributed by atoms with Crippen LogP contribution < -0.4 is 15.8 Å². The lowest BCUT2D eigenvalue weighted by Crippen LogP contribution is -2.35. The molecule has 0 aliphatic carbocycles. The number of alkyl carbamates (subject to hydrolysis) is 1. The predicted octanol–water partition coefficient (Wildman–Crippen LogP) is 3.01. The minimum atomic E-state index is -4.61.